The zero-order valence-corrected chi connectivity index (χ0v) is 11.7. The second-order valence-electron chi connectivity index (χ2n) is 5.20. The molecule has 108 valence electrons. The molecule has 1 aliphatic rings. The average molecular weight is 277 g/mol. The first-order valence-electron chi connectivity index (χ1n) is 6.98. The molecule has 1 aliphatic carbocycles. The van der Waals surface area contributed by atoms with Crippen LogP contribution in [-0.4, -0.2) is 38.8 Å². The minimum atomic E-state index is -0.276. The number of fused-ring (bicyclic) bond motifs is 1. The van der Waals surface area contributed by atoms with Gasteiger partial charge in [-0.3, -0.25) is 0 Å². The minimum absolute atomic E-state index is 0.119. The summed E-state index contributed by atoms with van der Waals surface area (Å²) in [7, 11) is 1.96. The highest BCUT2D eigenvalue weighted by Crippen LogP contribution is 2.23. The first kappa shape index (κ1) is 13.1. The molecule has 2 heterocycles. The van der Waals surface area contributed by atoms with Crippen molar-refractivity contribution in [3.8, 4) is 5.88 Å². The van der Waals surface area contributed by atoms with Crippen molar-refractivity contribution in [3.05, 3.63) is 22.4 Å². The molecule has 0 spiro atoms. The number of hydrogen-bond acceptors (Lipinski definition) is 5. The molecule has 7 nitrogen and oxygen atoms in total. The first-order chi connectivity index (χ1) is 9.69. The molecule has 0 radical (unpaired) electrons. The number of hydrogen-bond donors (Lipinski definition) is 2. The van der Waals surface area contributed by atoms with Gasteiger partial charge in [-0.1, -0.05) is 6.42 Å². The van der Waals surface area contributed by atoms with Gasteiger partial charge in [-0.2, -0.15) is 10.1 Å². The monoisotopic (exact) mass is 277 g/mol. The van der Waals surface area contributed by atoms with Crippen molar-refractivity contribution in [2.75, 3.05) is 7.05 Å². The van der Waals surface area contributed by atoms with Gasteiger partial charge in [-0.05, 0) is 33.2 Å². The summed E-state index contributed by atoms with van der Waals surface area (Å²) in [5, 5.41) is 9.68. The summed E-state index contributed by atoms with van der Waals surface area (Å²) in [6.45, 7) is 1.77. The van der Waals surface area contributed by atoms with Crippen molar-refractivity contribution in [3.63, 3.8) is 0 Å². The van der Waals surface area contributed by atoms with E-state index in [2.05, 4.69) is 20.5 Å². The highest BCUT2D eigenvalue weighted by molar-refractivity contribution is 5.40. The van der Waals surface area contributed by atoms with Crippen molar-refractivity contribution in [2.45, 2.75) is 44.8 Å². The topological polar surface area (TPSA) is 84.3 Å². The SMILES string of the molecule is CNC1CCCCC1Oc1cc2n[nH]c(=O)n2c(C)n1. The molecule has 0 aliphatic heterocycles. The van der Waals surface area contributed by atoms with E-state index in [-0.39, 0.29) is 11.8 Å². The molecule has 1 fully saturated rings. The molecule has 2 aromatic rings. The van der Waals surface area contributed by atoms with Crippen LogP contribution in [0, 0.1) is 6.92 Å². The van der Waals surface area contributed by atoms with E-state index in [1.54, 1.807) is 13.0 Å². The van der Waals surface area contributed by atoms with Crippen LogP contribution in [0.5, 0.6) is 5.88 Å². The van der Waals surface area contributed by atoms with Gasteiger partial charge in [0.2, 0.25) is 5.88 Å². The second kappa shape index (κ2) is 5.24. The van der Waals surface area contributed by atoms with E-state index < -0.39 is 0 Å². The molecule has 2 N–H and O–H groups in total. The van der Waals surface area contributed by atoms with E-state index in [9.17, 15) is 4.79 Å². The van der Waals surface area contributed by atoms with Crippen LogP contribution in [0.2, 0.25) is 0 Å². The van der Waals surface area contributed by atoms with Gasteiger partial charge in [0.15, 0.2) is 5.65 Å². The normalized spacial score (nSPS) is 23.1. The van der Waals surface area contributed by atoms with Crippen LogP contribution in [0.15, 0.2) is 10.9 Å². The molecule has 20 heavy (non-hydrogen) atoms. The molecule has 1 saturated carbocycles. The summed E-state index contributed by atoms with van der Waals surface area (Å²) in [6.07, 6.45) is 4.65. The van der Waals surface area contributed by atoms with Gasteiger partial charge >= 0.3 is 5.69 Å². The summed E-state index contributed by atoms with van der Waals surface area (Å²) >= 11 is 0. The van der Waals surface area contributed by atoms with E-state index in [0.717, 1.165) is 12.8 Å². The highest BCUT2D eigenvalue weighted by atomic mass is 16.5. The van der Waals surface area contributed by atoms with Crippen molar-refractivity contribution >= 4 is 5.65 Å². The molecule has 7 heteroatoms. The third-order valence-electron chi connectivity index (χ3n) is 3.89. The minimum Gasteiger partial charge on any atom is -0.473 e. The standard InChI is InChI=1S/C13H19N5O2/c1-8-15-12(7-11-16-17-13(19)18(8)11)20-10-6-4-3-5-9(10)14-2/h7,9-10,14H,3-6H2,1-2H3,(H,17,19). The largest absolute Gasteiger partial charge is 0.473 e. The van der Waals surface area contributed by atoms with Crippen molar-refractivity contribution < 1.29 is 4.74 Å². The molecule has 0 aromatic carbocycles. The maximum atomic E-state index is 11.6. The van der Waals surface area contributed by atoms with Gasteiger partial charge in [0, 0.05) is 12.1 Å². The van der Waals surface area contributed by atoms with Gasteiger partial charge in [0.05, 0.1) is 0 Å². The van der Waals surface area contributed by atoms with E-state index in [1.165, 1.54) is 17.2 Å². The fourth-order valence-corrected chi connectivity index (χ4v) is 2.85. The Bertz CT molecular complexity index is 662. The zero-order valence-electron chi connectivity index (χ0n) is 11.7. The third-order valence-corrected chi connectivity index (χ3v) is 3.89. The second-order valence-corrected chi connectivity index (χ2v) is 5.20. The van der Waals surface area contributed by atoms with Crippen LogP contribution in [0.1, 0.15) is 31.5 Å². The number of H-pyrrole nitrogens is 1. The molecule has 2 unspecified atom stereocenters. The van der Waals surface area contributed by atoms with Gasteiger partial charge in [0.25, 0.3) is 0 Å². The summed E-state index contributed by atoms with van der Waals surface area (Å²) in [5.74, 6) is 1.11. The summed E-state index contributed by atoms with van der Waals surface area (Å²) in [5.41, 5.74) is 0.261. The Morgan fingerprint density at radius 2 is 2.25 bits per heavy atom. The Morgan fingerprint density at radius 1 is 1.45 bits per heavy atom. The van der Waals surface area contributed by atoms with E-state index >= 15 is 0 Å². The lowest BCUT2D eigenvalue weighted by Crippen LogP contribution is -2.43. The van der Waals surface area contributed by atoms with E-state index in [1.807, 2.05) is 7.05 Å². The number of aromatic nitrogens is 4. The number of nitrogens with zero attached hydrogens (tertiary/aromatic N) is 3. The van der Waals surface area contributed by atoms with Crippen LogP contribution in [0.25, 0.3) is 5.65 Å². The van der Waals surface area contributed by atoms with E-state index in [4.69, 9.17) is 4.74 Å². The zero-order chi connectivity index (χ0) is 14.1. The first-order valence-corrected chi connectivity index (χ1v) is 6.98. The quantitative estimate of drug-likeness (QED) is 0.860. The Balaban J connectivity index is 1.88. The van der Waals surface area contributed by atoms with Gasteiger partial charge in [-0.15, -0.1) is 0 Å². The Kier molecular flexibility index (Phi) is 3.43. The summed E-state index contributed by atoms with van der Waals surface area (Å²) in [6, 6.07) is 2.05. The van der Waals surface area contributed by atoms with Crippen LogP contribution < -0.4 is 15.7 Å². The molecular formula is C13H19N5O2. The van der Waals surface area contributed by atoms with Crippen LogP contribution in [0.4, 0.5) is 0 Å². The van der Waals surface area contributed by atoms with E-state index in [0.29, 0.717) is 23.4 Å². The van der Waals surface area contributed by atoms with Gasteiger partial charge < -0.3 is 10.1 Å². The lowest BCUT2D eigenvalue weighted by molar-refractivity contribution is 0.112. The van der Waals surface area contributed by atoms with Crippen LogP contribution in [-0.2, 0) is 0 Å². The van der Waals surface area contributed by atoms with Crippen LogP contribution >= 0.6 is 0 Å². The fraction of sp³-hybridized carbons (Fsp3) is 0.615. The Labute approximate surface area is 116 Å². The molecule has 0 bridgehead atoms. The summed E-state index contributed by atoms with van der Waals surface area (Å²) in [4.78, 5) is 15.9. The fourth-order valence-electron chi connectivity index (χ4n) is 2.85. The predicted molar refractivity (Wildman–Crippen MR) is 74.1 cm³/mol. The molecule has 0 amide bonds. The lowest BCUT2D eigenvalue weighted by Gasteiger charge is -2.31. The van der Waals surface area contributed by atoms with Gasteiger partial charge in [0.1, 0.15) is 11.9 Å². The third kappa shape index (κ3) is 2.29. The average Bonchev–Trinajstić information content (AvgIpc) is 2.81. The van der Waals surface area contributed by atoms with Crippen molar-refractivity contribution in [1.82, 2.24) is 24.9 Å². The molecule has 2 aromatic heterocycles. The molecule has 0 saturated heterocycles. The number of ether oxygens (including phenoxy) is 1. The number of aromatic amines is 1. The Morgan fingerprint density at radius 3 is 3.05 bits per heavy atom. The number of aryl methyl sites for hydroxylation is 1. The van der Waals surface area contributed by atoms with Crippen molar-refractivity contribution in [1.29, 1.82) is 0 Å². The number of likely N-dealkylation sites (N-methyl/N-ethyl adjacent to an activating group) is 1. The molecule has 3 rings (SSSR count). The molecule has 2 atom stereocenters. The smallest absolute Gasteiger partial charge is 0.349 e. The van der Waals surface area contributed by atoms with Crippen LogP contribution in [0.3, 0.4) is 0 Å². The maximum Gasteiger partial charge on any atom is 0.349 e. The van der Waals surface area contributed by atoms with Crippen molar-refractivity contribution in [2.24, 2.45) is 0 Å². The lowest BCUT2D eigenvalue weighted by atomic mass is 9.92. The number of rotatable bonds is 3. The Hall–Kier alpha value is -1.89. The summed E-state index contributed by atoms with van der Waals surface area (Å²) < 4.78 is 7.45. The number of nitrogens with one attached hydrogen (secondary N) is 2. The predicted octanol–water partition coefficient (Wildman–Crippen LogP) is 0.635. The maximum absolute atomic E-state index is 11.6. The highest BCUT2D eigenvalue weighted by Gasteiger charge is 2.26. The molecular weight excluding hydrogens is 258 g/mol. The van der Waals surface area contributed by atoms with Gasteiger partial charge in [-0.25, -0.2) is 14.3 Å².